The van der Waals surface area contributed by atoms with Crippen molar-refractivity contribution in [3.05, 3.63) is 47.2 Å². The van der Waals surface area contributed by atoms with Crippen LogP contribution in [0.25, 0.3) is 11.1 Å². The topological polar surface area (TPSA) is 92.4 Å². The van der Waals surface area contributed by atoms with E-state index in [-0.39, 0.29) is 18.0 Å². The summed E-state index contributed by atoms with van der Waals surface area (Å²) >= 11 is 0. The highest BCUT2D eigenvalue weighted by Gasteiger charge is 2.22. The summed E-state index contributed by atoms with van der Waals surface area (Å²) in [4.78, 5) is 20.4. The van der Waals surface area contributed by atoms with Crippen LogP contribution in [0, 0.1) is 18.6 Å². The molecule has 0 aliphatic heterocycles. The number of hydrogen-bond acceptors (Lipinski definition) is 4. The lowest BCUT2D eigenvalue weighted by Crippen LogP contribution is -2.35. The number of rotatable bonds is 7. The Balaban J connectivity index is 2.61. The molecule has 0 aliphatic carbocycles. The van der Waals surface area contributed by atoms with Crippen LogP contribution in [0.3, 0.4) is 0 Å². The molecule has 4 N–H and O–H groups in total. The van der Waals surface area contributed by atoms with Crippen molar-refractivity contribution in [2.75, 3.05) is 13.6 Å². The second-order valence-electron chi connectivity index (χ2n) is 6.50. The number of nitrogens with two attached hydrogens (primary N) is 1. The first-order chi connectivity index (χ1) is 13.3. The Morgan fingerprint density at radius 3 is 2.68 bits per heavy atom. The van der Waals surface area contributed by atoms with Crippen LogP contribution < -0.4 is 16.4 Å². The van der Waals surface area contributed by atoms with Gasteiger partial charge < -0.3 is 16.4 Å². The van der Waals surface area contributed by atoms with Gasteiger partial charge in [0, 0.05) is 17.3 Å². The Hall–Kier alpha value is -2.87. The standard InChI is InChI=1S/C20H25F2N5O/c1-5-16(27-17(28)10-24-4)14-8-13(9-15(21)19(14)22)18-11(2)6-7-25-20(18)26-12(3)23/h6-9,16,24H,5,10H2,1-4H3,(H,27,28)(H2,23,25,26). The zero-order chi connectivity index (χ0) is 20.8. The minimum atomic E-state index is -1.00. The van der Waals surface area contributed by atoms with Gasteiger partial charge in [-0.25, -0.2) is 18.8 Å². The van der Waals surface area contributed by atoms with E-state index in [0.717, 1.165) is 11.6 Å². The molecule has 1 aromatic carbocycles. The van der Waals surface area contributed by atoms with E-state index in [1.807, 2.05) is 6.92 Å². The van der Waals surface area contributed by atoms with Crippen LogP contribution in [-0.2, 0) is 4.79 Å². The fourth-order valence-corrected chi connectivity index (χ4v) is 2.97. The fourth-order valence-electron chi connectivity index (χ4n) is 2.97. The fraction of sp³-hybridized carbons (Fsp3) is 0.350. The maximum absolute atomic E-state index is 14.6. The lowest BCUT2D eigenvalue weighted by molar-refractivity contribution is -0.120. The minimum absolute atomic E-state index is 0.0737. The number of aliphatic imine (C=N–C) groups is 1. The lowest BCUT2D eigenvalue weighted by atomic mass is 9.95. The van der Waals surface area contributed by atoms with Gasteiger partial charge in [0.2, 0.25) is 5.91 Å². The number of hydrogen-bond donors (Lipinski definition) is 3. The van der Waals surface area contributed by atoms with Gasteiger partial charge in [0.25, 0.3) is 0 Å². The molecule has 0 radical (unpaired) electrons. The van der Waals surface area contributed by atoms with E-state index in [1.165, 1.54) is 6.07 Å². The van der Waals surface area contributed by atoms with Crippen LogP contribution >= 0.6 is 0 Å². The third-order valence-corrected chi connectivity index (χ3v) is 4.22. The molecule has 1 heterocycles. The largest absolute Gasteiger partial charge is 0.387 e. The summed E-state index contributed by atoms with van der Waals surface area (Å²) in [7, 11) is 1.63. The number of carbonyl (C=O) groups is 1. The molecule has 0 aliphatic rings. The van der Waals surface area contributed by atoms with Crippen LogP contribution in [0.15, 0.2) is 29.4 Å². The molecule has 8 heteroatoms. The smallest absolute Gasteiger partial charge is 0.234 e. The van der Waals surface area contributed by atoms with Gasteiger partial charge in [-0.2, -0.15) is 0 Å². The van der Waals surface area contributed by atoms with Crippen molar-refractivity contribution in [3.8, 4) is 11.1 Å². The molecule has 2 aromatic rings. The van der Waals surface area contributed by atoms with Crippen molar-refractivity contribution in [2.45, 2.75) is 33.2 Å². The Kier molecular flexibility index (Phi) is 7.17. The summed E-state index contributed by atoms with van der Waals surface area (Å²) in [5, 5.41) is 5.45. The van der Waals surface area contributed by atoms with Crippen LogP contribution in [0.5, 0.6) is 0 Å². The molecule has 1 amide bonds. The summed E-state index contributed by atoms with van der Waals surface area (Å²) in [5.41, 5.74) is 7.52. The van der Waals surface area contributed by atoms with Crippen LogP contribution in [0.2, 0.25) is 0 Å². The van der Waals surface area contributed by atoms with Crippen molar-refractivity contribution in [1.82, 2.24) is 15.6 Å². The Labute approximate surface area is 163 Å². The third kappa shape index (κ3) is 4.89. The molecule has 0 saturated heterocycles. The number of likely N-dealkylation sites (N-methyl/N-ethyl adjacent to an activating group) is 1. The normalized spacial score (nSPS) is 12.7. The lowest BCUT2D eigenvalue weighted by Gasteiger charge is -2.20. The molecule has 0 saturated carbocycles. The number of carbonyl (C=O) groups excluding carboxylic acids is 1. The first kappa shape index (κ1) is 21.4. The summed E-state index contributed by atoms with van der Waals surface area (Å²) in [6, 6.07) is 3.72. The average molecular weight is 389 g/mol. The SMILES string of the molecule is CCC(NC(=O)CNC)c1cc(-c2c(C)ccnc2N=C(C)N)cc(F)c1F. The third-order valence-electron chi connectivity index (χ3n) is 4.22. The number of halogens is 2. The zero-order valence-electron chi connectivity index (χ0n) is 16.4. The van der Waals surface area contributed by atoms with E-state index >= 15 is 0 Å². The maximum Gasteiger partial charge on any atom is 0.234 e. The molecular weight excluding hydrogens is 364 g/mol. The predicted octanol–water partition coefficient (Wildman–Crippen LogP) is 3.13. The highest BCUT2D eigenvalue weighted by atomic mass is 19.2. The summed E-state index contributed by atoms with van der Waals surface area (Å²) in [6.07, 6.45) is 1.97. The van der Waals surface area contributed by atoms with Crippen LogP contribution in [0.4, 0.5) is 14.6 Å². The molecule has 0 bridgehead atoms. The van der Waals surface area contributed by atoms with E-state index in [1.54, 1.807) is 33.2 Å². The van der Waals surface area contributed by atoms with E-state index < -0.39 is 17.7 Å². The number of benzene rings is 1. The quantitative estimate of drug-likeness (QED) is 0.501. The number of pyridine rings is 1. The van der Waals surface area contributed by atoms with Gasteiger partial charge in [-0.1, -0.05) is 6.92 Å². The molecule has 0 spiro atoms. The average Bonchev–Trinajstić information content (AvgIpc) is 2.62. The van der Waals surface area contributed by atoms with E-state index in [9.17, 15) is 13.6 Å². The number of amidine groups is 1. The number of amides is 1. The van der Waals surface area contributed by atoms with Crippen LogP contribution in [0.1, 0.15) is 37.4 Å². The Bertz CT molecular complexity index is 894. The molecule has 2 rings (SSSR count). The second kappa shape index (κ2) is 9.36. The molecular formula is C20H25F2N5O. The van der Waals surface area contributed by atoms with Gasteiger partial charge in [0.15, 0.2) is 17.5 Å². The monoisotopic (exact) mass is 389 g/mol. The maximum atomic E-state index is 14.6. The molecule has 0 fully saturated rings. The van der Waals surface area contributed by atoms with Crippen molar-refractivity contribution in [1.29, 1.82) is 0 Å². The minimum Gasteiger partial charge on any atom is -0.387 e. The molecule has 1 unspecified atom stereocenters. The van der Waals surface area contributed by atoms with E-state index in [4.69, 9.17) is 5.73 Å². The molecule has 6 nitrogen and oxygen atoms in total. The highest BCUT2D eigenvalue weighted by molar-refractivity contribution is 5.85. The Morgan fingerprint density at radius 1 is 1.36 bits per heavy atom. The van der Waals surface area contributed by atoms with Crippen molar-refractivity contribution in [2.24, 2.45) is 10.7 Å². The van der Waals surface area contributed by atoms with Crippen LogP contribution in [-0.4, -0.2) is 30.3 Å². The first-order valence-corrected chi connectivity index (χ1v) is 8.98. The summed E-state index contributed by atoms with van der Waals surface area (Å²) in [6.45, 7) is 5.32. The summed E-state index contributed by atoms with van der Waals surface area (Å²) < 4.78 is 29.0. The molecule has 1 atom stereocenters. The number of aryl methyl sites for hydroxylation is 1. The van der Waals surface area contributed by atoms with Gasteiger partial charge in [0.1, 0.15) is 0 Å². The van der Waals surface area contributed by atoms with Crippen molar-refractivity contribution < 1.29 is 13.6 Å². The highest BCUT2D eigenvalue weighted by Crippen LogP contribution is 2.35. The first-order valence-electron chi connectivity index (χ1n) is 8.98. The van der Waals surface area contributed by atoms with Crippen molar-refractivity contribution >= 4 is 17.6 Å². The van der Waals surface area contributed by atoms with Gasteiger partial charge in [-0.15, -0.1) is 0 Å². The Morgan fingerprint density at radius 2 is 2.07 bits per heavy atom. The van der Waals surface area contributed by atoms with E-state index in [0.29, 0.717) is 29.2 Å². The molecule has 1 aromatic heterocycles. The van der Waals surface area contributed by atoms with Gasteiger partial charge in [0.05, 0.1) is 18.4 Å². The molecule has 28 heavy (non-hydrogen) atoms. The number of aromatic nitrogens is 1. The van der Waals surface area contributed by atoms with Crippen molar-refractivity contribution in [3.63, 3.8) is 0 Å². The predicted molar refractivity (Wildman–Crippen MR) is 106 cm³/mol. The zero-order valence-corrected chi connectivity index (χ0v) is 16.4. The molecule has 150 valence electrons. The number of nitrogens with zero attached hydrogens (tertiary/aromatic N) is 2. The van der Waals surface area contributed by atoms with Gasteiger partial charge in [-0.3, -0.25) is 4.79 Å². The van der Waals surface area contributed by atoms with Gasteiger partial charge in [-0.05, 0) is 56.6 Å². The second-order valence-corrected chi connectivity index (χ2v) is 6.50. The summed E-state index contributed by atoms with van der Waals surface area (Å²) in [5.74, 6) is -1.67. The number of nitrogens with one attached hydrogen (secondary N) is 2. The van der Waals surface area contributed by atoms with E-state index in [2.05, 4.69) is 20.6 Å². The van der Waals surface area contributed by atoms with Gasteiger partial charge >= 0.3 is 0 Å².